The van der Waals surface area contributed by atoms with Crippen molar-refractivity contribution in [3.05, 3.63) is 34.4 Å². The fourth-order valence-electron chi connectivity index (χ4n) is 1.60. The average Bonchev–Trinajstić information content (AvgIpc) is 2.48. The number of rotatable bonds is 2. The molecule has 2 aromatic rings. The average molecular weight is 191 g/mol. The van der Waals surface area contributed by atoms with Crippen molar-refractivity contribution < 1.29 is 0 Å². The molecule has 2 heterocycles. The largest absolute Gasteiger partial charge is 0.347 e. The number of nitrogens with zero attached hydrogens (tertiary/aromatic N) is 2. The lowest BCUT2D eigenvalue weighted by molar-refractivity contribution is 0.627. The number of fused-ring (bicyclic) bond motifs is 1. The molecule has 0 radical (unpaired) electrons. The van der Waals surface area contributed by atoms with E-state index in [0.29, 0.717) is 11.6 Å². The molecule has 2 aromatic heterocycles. The van der Waals surface area contributed by atoms with E-state index in [9.17, 15) is 4.79 Å². The lowest BCUT2D eigenvalue weighted by Crippen LogP contribution is -2.14. The number of aromatic nitrogens is 3. The molecule has 2 rings (SSSR count). The van der Waals surface area contributed by atoms with Crippen LogP contribution in [0, 0.1) is 5.92 Å². The van der Waals surface area contributed by atoms with Gasteiger partial charge in [0.05, 0.1) is 0 Å². The van der Waals surface area contributed by atoms with Crippen molar-refractivity contribution in [1.82, 2.24) is 14.6 Å². The Kier molecular flexibility index (Phi) is 2.11. The summed E-state index contributed by atoms with van der Waals surface area (Å²) in [5.41, 5.74) is 1.54. The molecule has 0 amide bonds. The van der Waals surface area contributed by atoms with Crippen LogP contribution in [0.4, 0.5) is 0 Å². The molecule has 0 bridgehead atoms. The van der Waals surface area contributed by atoms with Gasteiger partial charge in [0.25, 0.3) is 0 Å². The lowest BCUT2D eigenvalue weighted by atomic mass is 10.1. The summed E-state index contributed by atoms with van der Waals surface area (Å²) < 4.78 is 1.62. The van der Waals surface area contributed by atoms with Gasteiger partial charge in [-0.1, -0.05) is 19.9 Å². The zero-order valence-electron chi connectivity index (χ0n) is 8.32. The normalized spacial score (nSPS) is 11.4. The quantitative estimate of drug-likeness (QED) is 0.776. The number of pyridine rings is 1. The Morgan fingerprint density at radius 3 is 3.00 bits per heavy atom. The van der Waals surface area contributed by atoms with E-state index in [4.69, 9.17) is 0 Å². The zero-order chi connectivity index (χ0) is 10.1. The van der Waals surface area contributed by atoms with E-state index in [1.807, 2.05) is 18.2 Å². The van der Waals surface area contributed by atoms with Crippen molar-refractivity contribution in [2.24, 2.45) is 5.92 Å². The third-order valence-corrected chi connectivity index (χ3v) is 2.14. The minimum absolute atomic E-state index is 0.156. The van der Waals surface area contributed by atoms with Gasteiger partial charge in [-0.2, -0.15) is 5.10 Å². The number of aromatic amines is 1. The summed E-state index contributed by atoms with van der Waals surface area (Å²) in [7, 11) is 0. The Labute approximate surface area is 81.6 Å². The minimum atomic E-state index is -0.156. The highest BCUT2D eigenvalue weighted by Crippen LogP contribution is 2.07. The van der Waals surface area contributed by atoms with Crippen molar-refractivity contribution >= 4 is 5.65 Å². The Morgan fingerprint density at radius 1 is 1.50 bits per heavy atom. The fraction of sp³-hybridized carbons (Fsp3) is 0.400. The van der Waals surface area contributed by atoms with E-state index in [2.05, 4.69) is 24.0 Å². The van der Waals surface area contributed by atoms with Crippen LogP contribution < -0.4 is 5.69 Å². The monoisotopic (exact) mass is 191 g/mol. The number of hydrogen-bond donors (Lipinski definition) is 1. The van der Waals surface area contributed by atoms with Crippen LogP contribution in [0.1, 0.15) is 19.5 Å². The molecule has 0 atom stereocenters. The summed E-state index contributed by atoms with van der Waals surface area (Å²) in [4.78, 5) is 11.4. The molecule has 4 heteroatoms. The molecule has 4 nitrogen and oxygen atoms in total. The highest BCUT2D eigenvalue weighted by Gasteiger charge is 2.06. The summed E-state index contributed by atoms with van der Waals surface area (Å²) >= 11 is 0. The van der Waals surface area contributed by atoms with Gasteiger partial charge in [0.1, 0.15) is 0 Å². The number of H-pyrrole nitrogens is 1. The minimum Gasteiger partial charge on any atom is -0.247 e. The SMILES string of the molecule is CC(C)Cc1cccc2n[nH]c(=O)n12. The van der Waals surface area contributed by atoms with Gasteiger partial charge in [0, 0.05) is 5.69 Å². The molecule has 74 valence electrons. The van der Waals surface area contributed by atoms with Gasteiger partial charge in [-0.25, -0.2) is 14.3 Å². The van der Waals surface area contributed by atoms with Crippen LogP contribution in [0.25, 0.3) is 5.65 Å². The molecule has 0 unspecified atom stereocenters. The Bertz CT molecular complexity index is 495. The van der Waals surface area contributed by atoms with Crippen molar-refractivity contribution in [2.75, 3.05) is 0 Å². The van der Waals surface area contributed by atoms with Gasteiger partial charge in [-0.3, -0.25) is 0 Å². The molecule has 0 aliphatic heterocycles. The first-order valence-electron chi connectivity index (χ1n) is 4.73. The maximum Gasteiger partial charge on any atom is 0.347 e. The summed E-state index contributed by atoms with van der Waals surface area (Å²) in [6.07, 6.45) is 0.886. The molecule has 14 heavy (non-hydrogen) atoms. The Morgan fingerprint density at radius 2 is 2.29 bits per heavy atom. The van der Waals surface area contributed by atoms with E-state index in [1.54, 1.807) is 4.40 Å². The molecule has 0 aromatic carbocycles. The first-order chi connectivity index (χ1) is 6.68. The molecule has 0 saturated carbocycles. The van der Waals surface area contributed by atoms with Gasteiger partial charge >= 0.3 is 5.69 Å². The Balaban J connectivity index is 2.63. The van der Waals surface area contributed by atoms with Crippen LogP contribution in [0.5, 0.6) is 0 Å². The summed E-state index contributed by atoms with van der Waals surface area (Å²) in [6, 6.07) is 5.71. The predicted molar refractivity (Wildman–Crippen MR) is 54.4 cm³/mol. The second-order valence-corrected chi connectivity index (χ2v) is 3.84. The van der Waals surface area contributed by atoms with Crippen molar-refractivity contribution in [3.8, 4) is 0 Å². The molecule has 1 N–H and O–H groups in total. The van der Waals surface area contributed by atoms with E-state index in [1.165, 1.54) is 0 Å². The second kappa shape index (κ2) is 3.29. The third-order valence-electron chi connectivity index (χ3n) is 2.14. The molecule has 0 saturated heterocycles. The molecule has 0 spiro atoms. The van der Waals surface area contributed by atoms with Crippen molar-refractivity contribution in [3.63, 3.8) is 0 Å². The maximum atomic E-state index is 11.4. The predicted octanol–water partition coefficient (Wildman–Crippen LogP) is 1.22. The van der Waals surface area contributed by atoms with Gasteiger partial charge in [-0.05, 0) is 24.5 Å². The first-order valence-corrected chi connectivity index (χ1v) is 4.73. The van der Waals surface area contributed by atoms with Crippen LogP contribution in [-0.2, 0) is 6.42 Å². The molecular weight excluding hydrogens is 178 g/mol. The van der Waals surface area contributed by atoms with Gasteiger partial charge < -0.3 is 0 Å². The van der Waals surface area contributed by atoms with Crippen molar-refractivity contribution in [2.45, 2.75) is 20.3 Å². The summed E-state index contributed by atoms with van der Waals surface area (Å²) in [6.45, 7) is 4.26. The summed E-state index contributed by atoms with van der Waals surface area (Å²) in [5.74, 6) is 0.530. The topological polar surface area (TPSA) is 50.2 Å². The van der Waals surface area contributed by atoms with Crippen LogP contribution in [0.15, 0.2) is 23.0 Å². The zero-order valence-corrected chi connectivity index (χ0v) is 8.32. The highest BCUT2D eigenvalue weighted by atomic mass is 16.1. The second-order valence-electron chi connectivity index (χ2n) is 3.84. The summed E-state index contributed by atoms with van der Waals surface area (Å²) in [5, 5.41) is 6.36. The van der Waals surface area contributed by atoms with Crippen molar-refractivity contribution in [1.29, 1.82) is 0 Å². The lowest BCUT2D eigenvalue weighted by Gasteiger charge is -2.05. The third kappa shape index (κ3) is 1.43. The van der Waals surface area contributed by atoms with E-state index >= 15 is 0 Å². The number of nitrogens with one attached hydrogen (secondary N) is 1. The first kappa shape index (κ1) is 8.99. The van der Waals surface area contributed by atoms with Crippen LogP contribution in [0.3, 0.4) is 0 Å². The van der Waals surface area contributed by atoms with Crippen LogP contribution >= 0.6 is 0 Å². The molecular formula is C10H13N3O. The van der Waals surface area contributed by atoms with Crippen LogP contribution in [-0.4, -0.2) is 14.6 Å². The van der Waals surface area contributed by atoms with E-state index in [0.717, 1.165) is 12.1 Å². The smallest absolute Gasteiger partial charge is 0.247 e. The van der Waals surface area contributed by atoms with E-state index in [-0.39, 0.29) is 5.69 Å². The van der Waals surface area contributed by atoms with Gasteiger partial charge in [0.15, 0.2) is 5.65 Å². The van der Waals surface area contributed by atoms with Crippen LogP contribution in [0.2, 0.25) is 0 Å². The standard InChI is InChI=1S/C10H13N3O/c1-7(2)6-8-4-3-5-9-11-12-10(14)13(8)9/h3-5,7H,6H2,1-2H3,(H,12,14). The molecule has 0 aliphatic carbocycles. The molecule has 0 aliphatic rings. The highest BCUT2D eigenvalue weighted by molar-refractivity contribution is 5.38. The van der Waals surface area contributed by atoms with Gasteiger partial charge in [0.2, 0.25) is 0 Å². The fourth-order valence-corrected chi connectivity index (χ4v) is 1.60. The van der Waals surface area contributed by atoms with E-state index < -0.39 is 0 Å². The molecule has 0 fully saturated rings. The Hall–Kier alpha value is -1.58. The number of hydrogen-bond acceptors (Lipinski definition) is 2. The van der Waals surface area contributed by atoms with Gasteiger partial charge in [-0.15, -0.1) is 0 Å². The maximum absolute atomic E-state index is 11.4.